The standard InChI is InChI=1S/C18H36O/c1-3-5-7-9-10-11-12-13-15-17-18(19)16-14-8-6-4-2/h13,15,18-19H,3-12,14,16-17H2,1-2H3/b15-13+. The van der Waals surface area contributed by atoms with Crippen LogP contribution in [0.15, 0.2) is 12.2 Å². The monoisotopic (exact) mass is 268 g/mol. The van der Waals surface area contributed by atoms with Crippen LogP contribution in [0.4, 0.5) is 0 Å². The second-order valence-corrected chi connectivity index (χ2v) is 5.77. The maximum absolute atomic E-state index is 9.80. The highest BCUT2D eigenvalue weighted by molar-refractivity contribution is 4.83. The third-order valence-electron chi connectivity index (χ3n) is 3.69. The molecule has 0 spiro atoms. The molecular weight excluding hydrogens is 232 g/mol. The van der Waals surface area contributed by atoms with Gasteiger partial charge in [0, 0.05) is 0 Å². The number of unbranched alkanes of at least 4 members (excludes halogenated alkanes) is 9. The molecule has 0 aliphatic rings. The van der Waals surface area contributed by atoms with Crippen molar-refractivity contribution in [3.63, 3.8) is 0 Å². The third-order valence-corrected chi connectivity index (χ3v) is 3.69. The van der Waals surface area contributed by atoms with Crippen molar-refractivity contribution >= 4 is 0 Å². The molecule has 1 nitrogen and oxygen atoms in total. The van der Waals surface area contributed by atoms with Crippen LogP contribution in [0.25, 0.3) is 0 Å². The van der Waals surface area contributed by atoms with E-state index in [0.29, 0.717) is 0 Å². The molecule has 114 valence electrons. The van der Waals surface area contributed by atoms with Crippen molar-refractivity contribution in [3.05, 3.63) is 12.2 Å². The third kappa shape index (κ3) is 15.6. The van der Waals surface area contributed by atoms with E-state index >= 15 is 0 Å². The molecule has 19 heavy (non-hydrogen) atoms. The molecule has 1 unspecified atom stereocenters. The van der Waals surface area contributed by atoms with E-state index in [9.17, 15) is 5.11 Å². The lowest BCUT2D eigenvalue weighted by Gasteiger charge is -2.07. The minimum atomic E-state index is -0.113. The van der Waals surface area contributed by atoms with E-state index in [0.717, 1.165) is 12.8 Å². The van der Waals surface area contributed by atoms with E-state index < -0.39 is 0 Å². The summed E-state index contributed by atoms with van der Waals surface area (Å²) in [6.45, 7) is 4.48. The first kappa shape index (κ1) is 18.7. The van der Waals surface area contributed by atoms with Crippen molar-refractivity contribution in [2.45, 2.75) is 103 Å². The Hall–Kier alpha value is -0.300. The van der Waals surface area contributed by atoms with E-state index in [1.54, 1.807) is 0 Å². The van der Waals surface area contributed by atoms with Crippen LogP contribution in [-0.4, -0.2) is 11.2 Å². The summed E-state index contributed by atoms with van der Waals surface area (Å²) in [5, 5.41) is 9.80. The topological polar surface area (TPSA) is 20.2 Å². The minimum absolute atomic E-state index is 0.113. The first-order chi connectivity index (χ1) is 9.31. The molecule has 0 rings (SSSR count). The Morgan fingerprint density at radius 1 is 0.737 bits per heavy atom. The van der Waals surface area contributed by atoms with Gasteiger partial charge in [0.05, 0.1) is 6.10 Å². The lowest BCUT2D eigenvalue weighted by Crippen LogP contribution is -2.04. The zero-order valence-corrected chi connectivity index (χ0v) is 13.4. The van der Waals surface area contributed by atoms with Gasteiger partial charge in [-0.15, -0.1) is 0 Å². The molecule has 0 aromatic rings. The summed E-state index contributed by atoms with van der Waals surface area (Å²) >= 11 is 0. The van der Waals surface area contributed by atoms with Crippen molar-refractivity contribution < 1.29 is 5.11 Å². The normalized spacial score (nSPS) is 13.2. The van der Waals surface area contributed by atoms with Gasteiger partial charge >= 0.3 is 0 Å². The van der Waals surface area contributed by atoms with Crippen LogP contribution < -0.4 is 0 Å². The van der Waals surface area contributed by atoms with Crippen LogP contribution in [-0.2, 0) is 0 Å². The summed E-state index contributed by atoms with van der Waals surface area (Å²) in [4.78, 5) is 0. The average Bonchev–Trinajstić information content (AvgIpc) is 2.42. The zero-order valence-electron chi connectivity index (χ0n) is 13.4. The van der Waals surface area contributed by atoms with Crippen LogP contribution in [0.1, 0.15) is 97.3 Å². The van der Waals surface area contributed by atoms with Crippen LogP contribution in [0.5, 0.6) is 0 Å². The van der Waals surface area contributed by atoms with Crippen LogP contribution >= 0.6 is 0 Å². The molecule has 0 heterocycles. The number of allylic oxidation sites excluding steroid dienone is 1. The Bertz CT molecular complexity index is 186. The van der Waals surface area contributed by atoms with Gasteiger partial charge in [-0.05, 0) is 25.7 Å². The first-order valence-corrected chi connectivity index (χ1v) is 8.64. The molecule has 0 bridgehead atoms. The Morgan fingerprint density at radius 2 is 1.32 bits per heavy atom. The molecule has 0 aliphatic heterocycles. The van der Waals surface area contributed by atoms with Crippen molar-refractivity contribution in [1.82, 2.24) is 0 Å². The van der Waals surface area contributed by atoms with Gasteiger partial charge in [0.15, 0.2) is 0 Å². The Labute approximate surface area is 121 Å². The predicted molar refractivity (Wildman–Crippen MR) is 86.5 cm³/mol. The van der Waals surface area contributed by atoms with Gasteiger partial charge in [0.25, 0.3) is 0 Å². The summed E-state index contributed by atoms with van der Waals surface area (Å²) in [5.74, 6) is 0. The molecule has 0 aliphatic carbocycles. The Kier molecular flexibility index (Phi) is 15.5. The summed E-state index contributed by atoms with van der Waals surface area (Å²) in [5.41, 5.74) is 0. The molecular formula is C18H36O. The molecule has 0 aromatic carbocycles. The van der Waals surface area contributed by atoms with Crippen molar-refractivity contribution in [2.75, 3.05) is 0 Å². The van der Waals surface area contributed by atoms with Crippen LogP contribution in [0, 0.1) is 0 Å². The smallest absolute Gasteiger partial charge is 0.0574 e. The number of hydrogen-bond donors (Lipinski definition) is 1. The summed E-state index contributed by atoms with van der Waals surface area (Å²) in [6, 6.07) is 0. The van der Waals surface area contributed by atoms with E-state index in [4.69, 9.17) is 0 Å². The van der Waals surface area contributed by atoms with Crippen molar-refractivity contribution in [3.8, 4) is 0 Å². The quantitative estimate of drug-likeness (QED) is 0.302. The van der Waals surface area contributed by atoms with E-state index in [2.05, 4.69) is 26.0 Å². The fourth-order valence-corrected chi connectivity index (χ4v) is 2.34. The highest BCUT2D eigenvalue weighted by Gasteiger charge is 2.00. The second kappa shape index (κ2) is 15.8. The molecule has 0 aromatic heterocycles. The Balaban J connectivity index is 3.22. The van der Waals surface area contributed by atoms with Crippen LogP contribution in [0.3, 0.4) is 0 Å². The molecule has 1 N–H and O–H groups in total. The largest absolute Gasteiger partial charge is 0.393 e. The molecule has 0 saturated heterocycles. The number of rotatable bonds is 14. The first-order valence-electron chi connectivity index (χ1n) is 8.64. The Morgan fingerprint density at radius 3 is 2.00 bits per heavy atom. The fraction of sp³-hybridized carbons (Fsp3) is 0.889. The summed E-state index contributed by atoms with van der Waals surface area (Å²) < 4.78 is 0. The highest BCUT2D eigenvalue weighted by atomic mass is 16.3. The van der Waals surface area contributed by atoms with Gasteiger partial charge in [0.1, 0.15) is 0 Å². The number of hydrogen-bond acceptors (Lipinski definition) is 1. The zero-order chi connectivity index (χ0) is 14.2. The van der Waals surface area contributed by atoms with Crippen molar-refractivity contribution in [2.24, 2.45) is 0 Å². The number of aliphatic hydroxyl groups is 1. The fourth-order valence-electron chi connectivity index (χ4n) is 2.34. The summed E-state index contributed by atoms with van der Waals surface area (Å²) in [7, 11) is 0. The van der Waals surface area contributed by atoms with Gasteiger partial charge in [-0.3, -0.25) is 0 Å². The maximum Gasteiger partial charge on any atom is 0.0574 e. The van der Waals surface area contributed by atoms with Gasteiger partial charge in [0.2, 0.25) is 0 Å². The average molecular weight is 268 g/mol. The van der Waals surface area contributed by atoms with E-state index in [-0.39, 0.29) is 6.10 Å². The lowest BCUT2D eigenvalue weighted by atomic mass is 10.1. The molecule has 0 saturated carbocycles. The van der Waals surface area contributed by atoms with Crippen LogP contribution in [0.2, 0.25) is 0 Å². The lowest BCUT2D eigenvalue weighted by molar-refractivity contribution is 0.163. The minimum Gasteiger partial charge on any atom is -0.393 e. The molecule has 0 radical (unpaired) electrons. The van der Waals surface area contributed by atoms with Gasteiger partial charge < -0.3 is 5.11 Å². The van der Waals surface area contributed by atoms with E-state index in [1.165, 1.54) is 70.6 Å². The van der Waals surface area contributed by atoms with Crippen molar-refractivity contribution in [1.29, 1.82) is 0 Å². The second-order valence-electron chi connectivity index (χ2n) is 5.77. The predicted octanol–water partition coefficient (Wildman–Crippen LogP) is 6.01. The van der Waals surface area contributed by atoms with E-state index in [1.807, 2.05) is 0 Å². The van der Waals surface area contributed by atoms with Gasteiger partial charge in [-0.25, -0.2) is 0 Å². The maximum atomic E-state index is 9.80. The molecule has 1 atom stereocenters. The molecule has 0 amide bonds. The SMILES string of the molecule is CCCCCCCC/C=C/CC(O)CCCCCC. The highest BCUT2D eigenvalue weighted by Crippen LogP contribution is 2.10. The molecule has 0 fully saturated rings. The molecule has 1 heteroatoms. The number of aliphatic hydroxyl groups excluding tert-OH is 1. The van der Waals surface area contributed by atoms with Gasteiger partial charge in [-0.2, -0.15) is 0 Å². The summed E-state index contributed by atoms with van der Waals surface area (Å²) in [6.07, 6.45) is 20.6. The van der Waals surface area contributed by atoms with Gasteiger partial charge in [-0.1, -0.05) is 83.8 Å².